The average molecular weight is 201 g/mol. The standard InChI is InChI=1S/C9H15NO4/c1-14-7-3-2-6-10-8(11)4-5-9(12)13/h4-5H,2-3,6-7H2,1H3,(H,10,11)(H,12,13). The lowest BCUT2D eigenvalue weighted by atomic mass is 10.3. The molecule has 0 aliphatic carbocycles. The Kier molecular flexibility index (Phi) is 7.45. The van der Waals surface area contributed by atoms with Crippen LogP contribution in [-0.4, -0.2) is 37.2 Å². The van der Waals surface area contributed by atoms with Crippen LogP contribution < -0.4 is 5.32 Å². The zero-order chi connectivity index (χ0) is 10.8. The minimum absolute atomic E-state index is 0.384. The molecule has 0 heterocycles. The molecule has 0 aliphatic rings. The van der Waals surface area contributed by atoms with Gasteiger partial charge in [-0.2, -0.15) is 0 Å². The molecule has 0 bridgehead atoms. The highest BCUT2D eigenvalue weighted by molar-refractivity contribution is 5.93. The molecule has 0 rings (SSSR count). The van der Waals surface area contributed by atoms with Crippen molar-refractivity contribution in [2.75, 3.05) is 20.3 Å². The number of carbonyl (C=O) groups excluding carboxylic acids is 1. The summed E-state index contributed by atoms with van der Waals surface area (Å²) in [6.45, 7) is 1.20. The summed E-state index contributed by atoms with van der Waals surface area (Å²) < 4.78 is 4.82. The van der Waals surface area contributed by atoms with Crippen LogP contribution in [0.3, 0.4) is 0 Å². The molecule has 2 N–H and O–H groups in total. The number of rotatable bonds is 7. The summed E-state index contributed by atoms with van der Waals surface area (Å²) in [5.41, 5.74) is 0. The molecule has 0 aliphatic heterocycles. The second-order valence-electron chi connectivity index (χ2n) is 2.66. The van der Waals surface area contributed by atoms with Crippen LogP contribution in [0.5, 0.6) is 0 Å². The van der Waals surface area contributed by atoms with Crippen LogP contribution in [-0.2, 0) is 14.3 Å². The second-order valence-corrected chi connectivity index (χ2v) is 2.66. The van der Waals surface area contributed by atoms with Crippen molar-refractivity contribution in [3.63, 3.8) is 0 Å². The number of carbonyl (C=O) groups is 2. The fourth-order valence-electron chi connectivity index (χ4n) is 0.789. The fraction of sp³-hybridized carbons (Fsp3) is 0.556. The van der Waals surface area contributed by atoms with Gasteiger partial charge in [0, 0.05) is 32.4 Å². The predicted octanol–water partition coefficient (Wildman–Crippen LogP) is 0.170. The van der Waals surface area contributed by atoms with Crippen molar-refractivity contribution >= 4 is 11.9 Å². The first-order chi connectivity index (χ1) is 6.66. The molecular formula is C9H15NO4. The molecule has 5 heteroatoms. The molecule has 80 valence electrons. The number of carboxylic acid groups (broad SMARTS) is 1. The van der Waals surface area contributed by atoms with Crippen LogP contribution in [0.15, 0.2) is 12.2 Å². The van der Waals surface area contributed by atoms with E-state index in [9.17, 15) is 9.59 Å². The van der Waals surface area contributed by atoms with Gasteiger partial charge >= 0.3 is 5.97 Å². The van der Waals surface area contributed by atoms with Gasteiger partial charge in [0.1, 0.15) is 0 Å². The van der Waals surface area contributed by atoms with E-state index in [1.807, 2.05) is 0 Å². The molecule has 0 atom stereocenters. The molecule has 5 nitrogen and oxygen atoms in total. The Hall–Kier alpha value is -1.36. The molecular weight excluding hydrogens is 186 g/mol. The molecule has 14 heavy (non-hydrogen) atoms. The molecule has 0 radical (unpaired) electrons. The van der Waals surface area contributed by atoms with Gasteiger partial charge in [0.15, 0.2) is 0 Å². The number of aliphatic carboxylic acids is 1. The number of ether oxygens (including phenoxy) is 1. The Balaban J connectivity index is 3.40. The van der Waals surface area contributed by atoms with Crippen molar-refractivity contribution in [1.82, 2.24) is 5.32 Å². The number of hydrogen-bond acceptors (Lipinski definition) is 3. The lowest BCUT2D eigenvalue weighted by Gasteiger charge is -2.00. The van der Waals surface area contributed by atoms with Crippen molar-refractivity contribution in [3.05, 3.63) is 12.2 Å². The van der Waals surface area contributed by atoms with E-state index in [-0.39, 0.29) is 5.91 Å². The van der Waals surface area contributed by atoms with E-state index in [1.54, 1.807) is 7.11 Å². The van der Waals surface area contributed by atoms with E-state index in [4.69, 9.17) is 9.84 Å². The van der Waals surface area contributed by atoms with Gasteiger partial charge in [-0.05, 0) is 12.8 Å². The van der Waals surface area contributed by atoms with E-state index < -0.39 is 5.97 Å². The van der Waals surface area contributed by atoms with E-state index in [1.165, 1.54) is 0 Å². The number of nitrogens with one attached hydrogen (secondary N) is 1. The van der Waals surface area contributed by atoms with Gasteiger partial charge in [-0.15, -0.1) is 0 Å². The van der Waals surface area contributed by atoms with Gasteiger partial charge < -0.3 is 15.2 Å². The summed E-state index contributed by atoms with van der Waals surface area (Å²) in [7, 11) is 1.62. The molecule has 0 aromatic heterocycles. The lowest BCUT2D eigenvalue weighted by Crippen LogP contribution is -2.22. The number of methoxy groups -OCH3 is 1. The SMILES string of the molecule is COCCCCNC(=O)C=CC(=O)O. The smallest absolute Gasteiger partial charge is 0.328 e. The first kappa shape index (κ1) is 12.6. The highest BCUT2D eigenvalue weighted by Crippen LogP contribution is 1.86. The molecule has 1 amide bonds. The highest BCUT2D eigenvalue weighted by Gasteiger charge is 1.95. The minimum Gasteiger partial charge on any atom is -0.478 e. The topological polar surface area (TPSA) is 75.6 Å². The number of unbranched alkanes of at least 4 members (excludes halogenated alkanes) is 1. The molecule has 0 spiro atoms. The maximum absolute atomic E-state index is 10.9. The van der Waals surface area contributed by atoms with E-state index in [2.05, 4.69) is 5.32 Å². The van der Waals surface area contributed by atoms with Crippen LogP contribution in [0.2, 0.25) is 0 Å². The van der Waals surface area contributed by atoms with Gasteiger partial charge in [-0.3, -0.25) is 4.79 Å². The van der Waals surface area contributed by atoms with Crippen LogP contribution >= 0.6 is 0 Å². The zero-order valence-corrected chi connectivity index (χ0v) is 8.16. The van der Waals surface area contributed by atoms with Gasteiger partial charge in [0.05, 0.1) is 0 Å². The average Bonchev–Trinajstić information content (AvgIpc) is 2.14. The number of amides is 1. The summed E-state index contributed by atoms with van der Waals surface area (Å²) in [5, 5.41) is 10.8. The van der Waals surface area contributed by atoms with E-state index >= 15 is 0 Å². The van der Waals surface area contributed by atoms with Crippen molar-refractivity contribution in [2.24, 2.45) is 0 Å². The Morgan fingerprint density at radius 2 is 2.07 bits per heavy atom. The van der Waals surface area contributed by atoms with Crippen molar-refractivity contribution < 1.29 is 19.4 Å². The lowest BCUT2D eigenvalue weighted by molar-refractivity contribution is -0.131. The Morgan fingerprint density at radius 1 is 1.36 bits per heavy atom. The van der Waals surface area contributed by atoms with Crippen LogP contribution in [0.25, 0.3) is 0 Å². The first-order valence-corrected chi connectivity index (χ1v) is 4.34. The first-order valence-electron chi connectivity index (χ1n) is 4.34. The third-order valence-corrected chi connectivity index (χ3v) is 1.45. The van der Waals surface area contributed by atoms with Crippen molar-refractivity contribution in [3.8, 4) is 0 Å². The Labute approximate surface area is 82.7 Å². The van der Waals surface area contributed by atoms with E-state index in [0.717, 1.165) is 25.0 Å². The maximum Gasteiger partial charge on any atom is 0.328 e. The van der Waals surface area contributed by atoms with Crippen LogP contribution in [0, 0.1) is 0 Å². The summed E-state index contributed by atoms with van der Waals surface area (Å²) in [5.74, 6) is -1.51. The third kappa shape index (κ3) is 8.73. The van der Waals surface area contributed by atoms with Crippen molar-refractivity contribution in [1.29, 1.82) is 0 Å². The summed E-state index contributed by atoms with van der Waals surface area (Å²) in [4.78, 5) is 20.9. The van der Waals surface area contributed by atoms with Gasteiger partial charge in [0.25, 0.3) is 0 Å². The maximum atomic E-state index is 10.9. The Morgan fingerprint density at radius 3 is 2.64 bits per heavy atom. The van der Waals surface area contributed by atoms with Gasteiger partial charge in [-0.25, -0.2) is 4.79 Å². The zero-order valence-electron chi connectivity index (χ0n) is 8.16. The molecule has 0 aromatic rings. The molecule has 0 unspecified atom stereocenters. The molecule has 0 saturated heterocycles. The monoisotopic (exact) mass is 201 g/mol. The molecule has 0 aromatic carbocycles. The van der Waals surface area contributed by atoms with Crippen molar-refractivity contribution in [2.45, 2.75) is 12.8 Å². The summed E-state index contributed by atoms with van der Waals surface area (Å²) in [6.07, 6.45) is 3.50. The second kappa shape index (κ2) is 8.25. The molecule has 0 saturated carbocycles. The minimum atomic E-state index is -1.13. The normalized spacial score (nSPS) is 10.4. The van der Waals surface area contributed by atoms with E-state index in [0.29, 0.717) is 13.2 Å². The third-order valence-electron chi connectivity index (χ3n) is 1.45. The number of hydrogen-bond donors (Lipinski definition) is 2. The Bertz CT molecular complexity index is 213. The largest absolute Gasteiger partial charge is 0.478 e. The number of carboxylic acids is 1. The highest BCUT2D eigenvalue weighted by atomic mass is 16.5. The summed E-state index contributed by atoms with van der Waals surface area (Å²) in [6, 6.07) is 0. The molecule has 0 fully saturated rings. The summed E-state index contributed by atoms with van der Waals surface area (Å²) >= 11 is 0. The van der Waals surface area contributed by atoms with Gasteiger partial charge in [0.2, 0.25) is 5.91 Å². The predicted molar refractivity (Wildman–Crippen MR) is 50.9 cm³/mol. The van der Waals surface area contributed by atoms with Gasteiger partial charge in [-0.1, -0.05) is 0 Å². The fourth-order valence-corrected chi connectivity index (χ4v) is 0.789. The van der Waals surface area contributed by atoms with Crippen LogP contribution in [0.4, 0.5) is 0 Å². The quantitative estimate of drug-likeness (QED) is 0.455. The van der Waals surface area contributed by atoms with Crippen LogP contribution in [0.1, 0.15) is 12.8 Å².